The van der Waals surface area contributed by atoms with Gasteiger partial charge in [0.2, 0.25) is 0 Å². The molecule has 1 aliphatic carbocycles. The number of benzene rings is 1. The molecule has 0 bridgehead atoms. The number of rotatable bonds is 8. The Morgan fingerprint density at radius 2 is 1.92 bits per heavy atom. The van der Waals surface area contributed by atoms with E-state index in [2.05, 4.69) is 19.9 Å². The van der Waals surface area contributed by atoms with Crippen molar-refractivity contribution in [2.45, 2.75) is 65.7 Å². The quantitative estimate of drug-likeness (QED) is 0.477. The van der Waals surface area contributed by atoms with Crippen LogP contribution in [0.15, 0.2) is 18.2 Å². The van der Waals surface area contributed by atoms with Gasteiger partial charge in [-0.1, -0.05) is 57.2 Å². The summed E-state index contributed by atoms with van der Waals surface area (Å²) in [6.45, 7) is 6.83. The van der Waals surface area contributed by atoms with E-state index in [4.69, 9.17) is 16.3 Å². The lowest BCUT2D eigenvalue weighted by atomic mass is 9.76. The minimum Gasteiger partial charge on any atom is -0.491 e. The summed E-state index contributed by atoms with van der Waals surface area (Å²) in [5.74, 6) is 1.39. The van der Waals surface area contributed by atoms with Gasteiger partial charge in [0.25, 0.3) is 0 Å². The summed E-state index contributed by atoms with van der Waals surface area (Å²) >= 11 is 6.27. The van der Waals surface area contributed by atoms with Crippen LogP contribution >= 0.6 is 11.6 Å². The zero-order valence-corrected chi connectivity index (χ0v) is 16.0. The van der Waals surface area contributed by atoms with Crippen molar-refractivity contribution in [2.75, 3.05) is 6.61 Å². The van der Waals surface area contributed by atoms with E-state index in [1.807, 2.05) is 13.0 Å². The first-order chi connectivity index (χ1) is 11.6. The van der Waals surface area contributed by atoms with E-state index >= 15 is 0 Å². The van der Waals surface area contributed by atoms with Gasteiger partial charge >= 0.3 is 0 Å². The predicted molar refractivity (Wildman–Crippen MR) is 101 cm³/mol. The van der Waals surface area contributed by atoms with Crippen LogP contribution in [0.5, 0.6) is 5.75 Å². The van der Waals surface area contributed by atoms with Gasteiger partial charge < -0.3 is 4.74 Å². The van der Waals surface area contributed by atoms with Crippen molar-refractivity contribution < 1.29 is 9.13 Å². The number of allylic oxidation sites excluding steroid dienone is 2. The second kappa shape index (κ2) is 9.46. The molecule has 0 saturated heterocycles. The molecule has 1 aromatic rings. The fraction of sp³-hybridized carbons (Fsp3) is 0.619. The van der Waals surface area contributed by atoms with Gasteiger partial charge in [-0.25, -0.2) is 4.39 Å². The maximum atomic E-state index is 14.3. The molecule has 1 nitrogen and oxygen atoms in total. The van der Waals surface area contributed by atoms with Crippen molar-refractivity contribution in [3.05, 3.63) is 34.6 Å². The lowest BCUT2D eigenvalue weighted by Crippen LogP contribution is -2.17. The minimum absolute atomic E-state index is 0.198. The molecule has 0 fully saturated rings. The van der Waals surface area contributed by atoms with Crippen LogP contribution in [-0.4, -0.2) is 6.61 Å². The average Bonchev–Trinajstić information content (AvgIpc) is 2.59. The molecule has 24 heavy (non-hydrogen) atoms. The highest BCUT2D eigenvalue weighted by molar-refractivity contribution is 6.32. The van der Waals surface area contributed by atoms with E-state index in [1.165, 1.54) is 37.7 Å². The van der Waals surface area contributed by atoms with Gasteiger partial charge in [0.1, 0.15) is 0 Å². The van der Waals surface area contributed by atoms with E-state index in [0.717, 1.165) is 30.2 Å². The Morgan fingerprint density at radius 3 is 2.46 bits per heavy atom. The van der Waals surface area contributed by atoms with Gasteiger partial charge in [-0.05, 0) is 61.3 Å². The molecule has 0 aromatic heterocycles. The third-order valence-electron chi connectivity index (χ3n) is 5.13. The molecule has 1 aromatic carbocycles. The van der Waals surface area contributed by atoms with Gasteiger partial charge in [0.05, 0.1) is 11.6 Å². The highest BCUT2D eigenvalue weighted by Crippen LogP contribution is 2.40. The monoisotopic (exact) mass is 352 g/mol. The Hall–Kier alpha value is -1.02. The van der Waals surface area contributed by atoms with Crippen molar-refractivity contribution in [3.8, 4) is 5.75 Å². The smallest absolute Gasteiger partial charge is 0.184 e. The summed E-state index contributed by atoms with van der Waals surface area (Å²) < 4.78 is 19.6. The van der Waals surface area contributed by atoms with Crippen molar-refractivity contribution in [2.24, 2.45) is 11.8 Å². The summed E-state index contributed by atoms with van der Waals surface area (Å²) in [6.07, 6.45) is 10.7. The van der Waals surface area contributed by atoms with Crippen LogP contribution in [-0.2, 0) is 0 Å². The maximum Gasteiger partial charge on any atom is 0.184 e. The van der Waals surface area contributed by atoms with Gasteiger partial charge in [-0.2, -0.15) is 0 Å². The first-order valence-electron chi connectivity index (χ1n) is 9.42. The zero-order valence-electron chi connectivity index (χ0n) is 15.2. The number of hydrogen-bond acceptors (Lipinski definition) is 1. The van der Waals surface area contributed by atoms with Crippen molar-refractivity contribution >= 4 is 17.2 Å². The highest BCUT2D eigenvalue weighted by atomic mass is 35.5. The predicted octanol–water partition coefficient (Wildman–Crippen LogP) is 7.28. The van der Waals surface area contributed by atoms with Crippen molar-refractivity contribution in [1.82, 2.24) is 0 Å². The van der Waals surface area contributed by atoms with E-state index < -0.39 is 5.82 Å². The van der Waals surface area contributed by atoms with Gasteiger partial charge in [-0.3, -0.25) is 0 Å². The molecule has 0 amide bonds. The largest absolute Gasteiger partial charge is 0.491 e. The molecule has 0 heterocycles. The average molecular weight is 353 g/mol. The van der Waals surface area contributed by atoms with Gasteiger partial charge in [0, 0.05) is 0 Å². The van der Waals surface area contributed by atoms with Crippen LogP contribution in [0.4, 0.5) is 4.39 Å². The van der Waals surface area contributed by atoms with Crippen molar-refractivity contribution in [3.63, 3.8) is 0 Å². The fourth-order valence-corrected chi connectivity index (χ4v) is 4.21. The van der Waals surface area contributed by atoms with E-state index in [1.54, 1.807) is 6.07 Å². The SMILES string of the molecule is CCCC(CCC)C1CC=C(c2ccc(OCC)c(F)c2Cl)CC1. The number of hydrogen-bond donors (Lipinski definition) is 0. The third-order valence-corrected chi connectivity index (χ3v) is 5.50. The molecular formula is C21H30ClFO. The lowest BCUT2D eigenvalue weighted by Gasteiger charge is -2.30. The molecule has 0 saturated carbocycles. The summed E-state index contributed by atoms with van der Waals surface area (Å²) in [5.41, 5.74) is 2.02. The van der Waals surface area contributed by atoms with Crippen LogP contribution in [0.2, 0.25) is 5.02 Å². The van der Waals surface area contributed by atoms with E-state index in [-0.39, 0.29) is 10.8 Å². The van der Waals surface area contributed by atoms with Crippen LogP contribution in [0, 0.1) is 17.7 Å². The zero-order chi connectivity index (χ0) is 17.5. The highest BCUT2D eigenvalue weighted by Gasteiger charge is 2.24. The molecule has 0 N–H and O–H groups in total. The molecular weight excluding hydrogens is 323 g/mol. The molecule has 0 spiro atoms. The van der Waals surface area contributed by atoms with E-state index in [9.17, 15) is 4.39 Å². The Labute approximate surface area is 151 Å². The molecule has 0 aliphatic heterocycles. The standard InChI is InChI=1S/C21H30ClFO/c1-4-7-15(8-5-2)16-9-11-17(12-10-16)18-13-14-19(24-6-3)21(23)20(18)22/h11,13-16H,4-10,12H2,1-3H3. The molecule has 0 radical (unpaired) electrons. The second-order valence-electron chi connectivity index (χ2n) is 6.77. The summed E-state index contributed by atoms with van der Waals surface area (Å²) in [4.78, 5) is 0. The van der Waals surface area contributed by atoms with E-state index in [0.29, 0.717) is 6.61 Å². The van der Waals surface area contributed by atoms with Crippen LogP contribution in [0.25, 0.3) is 5.57 Å². The second-order valence-corrected chi connectivity index (χ2v) is 7.15. The third kappa shape index (κ3) is 4.53. The normalized spacial score (nSPS) is 17.9. The van der Waals surface area contributed by atoms with Crippen LogP contribution < -0.4 is 4.74 Å². The maximum absolute atomic E-state index is 14.3. The van der Waals surface area contributed by atoms with Crippen LogP contribution in [0.3, 0.4) is 0 Å². The van der Waals surface area contributed by atoms with Gasteiger partial charge in [-0.15, -0.1) is 0 Å². The first-order valence-corrected chi connectivity index (χ1v) is 9.80. The lowest BCUT2D eigenvalue weighted by molar-refractivity contribution is 0.272. The molecule has 134 valence electrons. The number of ether oxygens (including phenoxy) is 1. The molecule has 2 rings (SSSR count). The Morgan fingerprint density at radius 1 is 1.21 bits per heavy atom. The molecule has 1 unspecified atom stereocenters. The minimum atomic E-state index is -0.436. The summed E-state index contributed by atoms with van der Waals surface area (Å²) in [5, 5.41) is 0.198. The van der Waals surface area contributed by atoms with Crippen molar-refractivity contribution in [1.29, 1.82) is 0 Å². The number of halogens is 2. The van der Waals surface area contributed by atoms with Gasteiger partial charge in [0.15, 0.2) is 11.6 Å². The Kier molecular flexibility index (Phi) is 7.61. The fourth-order valence-electron chi connectivity index (χ4n) is 3.93. The summed E-state index contributed by atoms with van der Waals surface area (Å²) in [7, 11) is 0. The molecule has 1 atom stereocenters. The Balaban J connectivity index is 2.13. The van der Waals surface area contributed by atoms with Crippen LogP contribution in [0.1, 0.15) is 71.3 Å². The summed E-state index contributed by atoms with van der Waals surface area (Å²) in [6, 6.07) is 3.60. The molecule has 1 aliphatic rings. The first kappa shape index (κ1) is 19.3. The Bertz CT molecular complexity index is 561. The molecule has 3 heteroatoms. The topological polar surface area (TPSA) is 9.23 Å².